The Morgan fingerprint density at radius 1 is 1.56 bits per heavy atom. The average molecular weight is 326 g/mol. The van der Waals surface area contributed by atoms with Crippen LogP contribution in [0.25, 0.3) is 0 Å². The third kappa shape index (κ3) is 3.44. The summed E-state index contributed by atoms with van der Waals surface area (Å²) in [6.07, 6.45) is 0. The minimum absolute atomic E-state index is 0. The molecule has 16 heavy (non-hydrogen) atoms. The van der Waals surface area contributed by atoms with E-state index >= 15 is 0 Å². The molecule has 0 aromatic carbocycles. The first kappa shape index (κ1) is 14.5. The molecule has 0 radical (unpaired) electrons. The summed E-state index contributed by atoms with van der Waals surface area (Å²) in [5.41, 5.74) is 1.42. The first-order valence-corrected chi connectivity index (χ1v) is 7.04. The zero-order valence-electron chi connectivity index (χ0n) is 9.57. The van der Waals surface area contributed by atoms with Gasteiger partial charge in [-0.2, -0.15) is 0 Å². The third-order valence-electron chi connectivity index (χ3n) is 3.17. The summed E-state index contributed by atoms with van der Waals surface area (Å²) in [6, 6.07) is 3.45. The molecule has 1 aromatic heterocycles. The van der Waals surface area contributed by atoms with Crippen molar-refractivity contribution in [3.05, 3.63) is 20.8 Å². The molecule has 1 fully saturated rings. The highest BCUT2D eigenvalue weighted by atomic mass is 79.9. The van der Waals surface area contributed by atoms with E-state index in [9.17, 15) is 0 Å². The molecule has 0 spiro atoms. The fourth-order valence-corrected chi connectivity index (χ4v) is 3.21. The number of nitrogens with one attached hydrogen (secondary N) is 1. The standard InChI is InChI=1S/C11H17BrN2S.ClH/c1-8-9(2)14(4-3-13-8)6-10-5-11(12)15-7-10;/h5,7-9,13H,3-4,6H2,1-2H3;1H. The Balaban J connectivity index is 0.00000128. The first-order valence-electron chi connectivity index (χ1n) is 5.37. The molecule has 2 nitrogen and oxygen atoms in total. The van der Waals surface area contributed by atoms with Gasteiger partial charge in [-0.3, -0.25) is 4.90 Å². The number of thiophene rings is 1. The van der Waals surface area contributed by atoms with Crippen LogP contribution in [0.5, 0.6) is 0 Å². The Morgan fingerprint density at radius 2 is 2.31 bits per heavy atom. The summed E-state index contributed by atoms with van der Waals surface area (Å²) in [5, 5.41) is 5.74. The maximum Gasteiger partial charge on any atom is 0.0701 e. The van der Waals surface area contributed by atoms with Gasteiger partial charge in [0.05, 0.1) is 3.79 Å². The normalized spacial score (nSPS) is 26.4. The smallest absolute Gasteiger partial charge is 0.0701 e. The highest BCUT2D eigenvalue weighted by Crippen LogP contribution is 2.23. The minimum atomic E-state index is 0. The third-order valence-corrected chi connectivity index (χ3v) is 4.73. The largest absolute Gasteiger partial charge is 0.311 e. The average Bonchev–Trinajstić information content (AvgIpc) is 2.59. The highest BCUT2D eigenvalue weighted by Gasteiger charge is 2.24. The van der Waals surface area contributed by atoms with Crippen LogP contribution in [0.15, 0.2) is 15.2 Å². The number of halogens is 2. The van der Waals surface area contributed by atoms with Gasteiger partial charge in [0, 0.05) is 31.7 Å². The summed E-state index contributed by atoms with van der Waals surface area (Å²) in [5.74, 6) is 0. The molecule has 1 saturated heterocycles. The van der Waals surface area contributed by atoms with Crippen molar-refractivity contribution in [2.75, 3.05) is 13.1 Å². The van der Waals surface area contributed by atoms with Crippen molar-refractivity contribution in [1.82, 2.24) is 10.2 Å². The topological polar surface area (TPSA) is 15.3 Å². The monoisotopic (exact) mass is 324 g/mol. The molecule has 2 heterocycles. The van der Waals surface area contributed by atoms with Gasteiger partial charge < -0.3 is 5.32 Å². The molecule has 1 aliphatic heterocycles. The van der Waals surface area contributed by atoms with E-state index < -0.39 is 0 Å². The fraction of sp³-hybridized carbons (Fsp3) is 0.636. The van der Waals surface area contributed by atoms with Crippen molar-refractivity contribution in [1.29, 1.82) is 0 Å². The quantitative estimate of drug-likeness (QED) is 0.899. The van der Waals surface area contributed by atoms with Crippen LogP contribution in [-0.4, -0.2) is 30.1 Å². The molecule has 1 aromatic rings. The van der Waals surface area contributed by atoms with Gasteiger partial charge in [-0.15, -0.1) is 23.7 Å². The molecule has 0 amide bonds. The number of rotatable bonds is 2. The summed E-state index contributed by atoms with van der Waals surface area (Å²) in [7, 11) is 0. The maximum atomic E-state index is 3.51. The van der Waals surface area contributed by atoms with Gasteiger partial charge >= 0.3 is 0 Å². The minimum Gasteiger partial charge on any atom is -0.311 e. The summed E-state index contributed by atoms with van der Waals surface area (Å²) >= 11 is 5.28. The molecular formula is C11H18BrClN2S. The van der Waals surface area contributed by atoms with E-state index in [1.165, 1.54) is 9.35 Å². The number of hydrogen-bond donors (Lipinski definition) is 1. The van der Waals surface area contributed by atoms with Crippen LogP contribution in [0.2, 0.25) is 0 Å². The molecule has 1 aliphatic rings. The predicted octanol–water partition coefficient (Wildman–Crippen LogP) is 3.11. The number of piperazine rings is 1. The second kappa shape index (κ2) is 6.36. The highest BCUT2D eigenvalue weighted by molar-refractivity contribution is 9.11. The van der Waals surface area contributed by atoms with Crippen molar-refractivity contribution in [2.45, 2.75) is 32.5 Å². The molecule has 2 atom stereocenters. The van der Waals surface area contributed by atoms with E-state index in [0.29, 0.717) is 12.1 Å². The van der Waals surface area contributed by atoms with E-state index in [1.54, 1.807) is 11.3 Å². The van der Waals surface area contributed by atoms with Crippen LogP contribution in [0, 0.1) is 0 Å². The molecule has 0 aliphatic carbocycles. The maximum absolute atomic E-state index is 3.51. The lowest BCUT2D eigenvalue weighted by Crippen LogP contribution is -2.54. The SMILES string of the molecule is CC1NCCN(Cc2csc(Br)c2)C1C.Cl. The van der Waals surface area contributed by atoms with E-state index in [4.69, 9.17) is 0 Å². The van der Waals surface area contributed by atoms with Crippen LogP contribution >= 0.6 is 39.7 Å². The zero-order chi connectivity index (χ0) is 10.8. The second-order valence-electron chi connectivity index (χ2n) is 4.21. The number of nitrogens with zero attached hydrogens (tertiary/aromatic N) is 1. The molecule has 2 unspecified atom stereocenters. The lowest BCUT2D eigenvalue weighted by Gasteiger charge is -2.38. The lowest BCUT2D eigenvalue weighted by atomic mass is 10.1. The predicted molar refractivity (Wildman–Crippen MR) is 76.6 cm³/mol. The molecule has 92 valence electrons. The molecule has 2 rings (SSSR count). The van der Waals surface area contributed by atoms with Gasteiger partial charge in [0.1, 0.15) is 0 Å². The van der Waals surface area contributed by atoms with Gasteiger partial charge in [-0.1, -0.05) is 0 Å². The van der Waals surface area contributed by atoms with Crippen LogP contribution in [0.1, 0.15) is 19.4 Å². The molecule has 1 N–H and O–H groups in total. The Kier molecular flexibility index (Phi) is 5.74. The summed E-state index contributed by atoms with van der Waals surface area (Å²) in [4.78, 5) is 2.55. The van der Waals surface area contributed by atoms with Crippen LogP contribution in [-0.2, 0) is 6.54 Å². The van der Waals surface area contributed by atoms with Crippen LogP contribution < -0.4 is 5.32 Å². The van der Waals surface area contributed by atoms with Crippen LogP contribution in [0.4, 0.5) is 0 Å². The van der Waals surface area contributed by atoms with Gasteiger partial charge in [-0.05, 0) is 46.8 Å². The second-order valence-corrected chi connectivity index (χ2v) is 6.50. The fourth-order valence-electron chi connectivity index (χ4n) is 2.01. The van der Waals surface area contributed by atoms with Crippen molar-refractivity contribution in [3.63, 3.8) is 0 Å². The van der Waals surface area contributed by atoms with Crippen molar-refractivity contribution >= 4 is 39.7 Å². The van der Waals surface area contributed by atoms with E-state index in [-0.39, 0.29) is 12.4 Å². The van der Waals surface area contributed by atoms with Gasteiger partial charge in [0.25, 0.3) is 0 Å². The Hall–Kier alpha value is 0.390. The van der Waals surface area contributed by atoms with Crippen molar-refractivity contribution < 1.29 is 0 Å². The molecular weight excluding hydrogens is 308 g/mol. The Bertz CT molecular complexity index is 332. The Labute approximate surface area is 116 Å². The molecule has 0 bridgehead atoms. The van der Waals surface area contributed by atoms with E-state index in [2.05, 4.69) is 51.4 Å². The number of hydrogen-bond acceptors (Lipinski definition) is 3. The summed E-state index contributed by atoms with van der Waals surface area (Å²) < 4.78 is 1.23. The van der Waals surface area contributed by atoms with Gasteiger partial charge in [0.2, 0.25) is 0 Å². The van der Waals surface area contributed by atoms with Crippen molar-refractivity contribution in [2.24, 2.45) is 0 Å². The van der Waals surface area contributed by atoms with E-state index in [1.807, 2.05) is 0 Å². The van der Waals surface area contributed by atoms with Gasteiger partial charge in [-0.25, -0.2) is 0 Å². The lowest BCUT2D eigenvalue weighted by molar-refractivity contribution is 0.131. The van der Waals surface area contributed by atoms with Gasteiger partial charge in [0.15, 0.2) is 0 Å². The van der Waals surface area contributed by atoms with Crippen molar-refractivity contribution in [3.8, 4) is 0 Å². The Morgan fingerprint density at radius 3 is 2.94 bits per heavy atom. The molecule has 0 saturated carbocycles. The molecule has 5 heteroatoms. The van der Waals surface area contributed by atoms with Crippen LogP contribution in [0.3, 0.4) is 0 Å². The van der Waals surface area contributed by atoms with E-state index in [0.717, 1.165) is 19.6 Å². The zero-order valence-corrected chi connectivity index (χ0v) is 12.8. The summed E-state index contributed by atoms with van der Waals surface area (Å²) in [6.45, 7) is 7.91. The first-order chi connectivity index (χ1) is 7.16.